The van der Waals surface area contributed by atoms with Crippen LogP contribution in [0.25, 0.3) is 0 Å². The predicted octanol–water partition coefficient (Wildman–Crippen LogP) is 1.94. The van der Waals surface area contributed by atoms with Gasteiger partial charge in [0.2, 0.25) is 10.0 Å². The van der Waals surface area contributed by atoms with Gasteiger partial charge in [-0.1, -0.05) is 26.0 Å². The lowest BCUT2D eigenvalue weighted by molar-refractivity contribution is 0.263. The van der Waals surface area contributed by atoms with Gasteiger partial charge in [-0.05, 0) is 56.3 Å². The Morgan fingerprint density at radius 2 is 1.78 bits per heavy atom. The fraction of sp³-hybridized carbons (Fsp3) is 0.632. The third kappa shape index (κ3) is 5.88. The number of sulfonamides is 1. The van der Waals surface area contributed by atoms with E-state index in [2.05, 4.69) is 24.1 Å². The van der Waals surface area contributed by atoms with E-state index in [0.29, 0.717) is 42.1 Å². The molecule has 0 saturated carbocycles. The summed E-state index contributed by atoms with van der Waals surface area (Å²) in [7, 11) is 0.583. The molecule has 1 N–H and O–H groups in total. The second kappa shape index (κ2) is 9.82. The standard InChI is InChI=1S/C19H32N4O2S2/c1-5-16(2)17-6-8-18(9-7-17)27(24,25)23-14-12-22(13-15-23)19(26)20-10-11-21(3)4/h6-9,16H,5,10-15H2,1-4H3,(H,20,26)/t16-/m0/s1. The van der Waals surface area contributed by atoms with Crippen molar-refractivity contribution in [3.63, 3.8) is 0 Å². The molecule has 2 rings (SSSR count). The Hall–Kier alpha value is -1.22. The molecule has 0 unspecified atom stereocenters. The molecule has 1 atom stereocenters. The fourth-order valence-corrected chi connectivity index (χ4v) is 4.69. The van der Waals surface area contributed by atoms with Crippen LogP contribution in [0.2, 0.25) is 0 Å². The summed E-state index contributed by atoms with van der Waals surface area (Å²) in [4.78, 5) is 4.50. The lowest BCUT2D eigenvalue weighted by Crippen LogP contribution is -2.53. The first kappa shape index (κ1) is 22.1. The van der Waals surface area contributed by atoms with Crippen LogP contribution in [0.4, 0.5) is 0 Å². The van der Waals surface area contributed by atoms with E-state index in [0.717, 1.165) is 19.5 Å². The Morgan fingerprint density at radius 3 is 2.30 bits per heavy atom. The molecule has 1 heterocycles. The quantitative estimate of drug-likeness (QED) is 0.691. The smallest absolute Gasteiger partial charge is 0.243 e. The van der Waals surface area contributed by atoms with E-state index in [-0.39, 0.29) is 0 Å². The van der Waals surface area contributed by atoms with E-state index in [1.54, 1.807) is 16.4 Å². The number of thiocarbonyl (C=S) groups is 1. The molecule has 1 saturated heterocycles. The Balaban J connectivity index is 1.93. The molecule has 0 spiro atoms. The van der Waals surface area contributed by atoms with E-state index in [1.165, 1.54) is 5.56 Å². The van der Waals surface area contributed by atoms with Crippen molar-refractivity contribution in [2.24, 2.45) is 0 Å². The number of hydrogen-bond acceptors (Lipinski definition) is 4. The van der Waals surface area contributed by atoms with Gasteiger partial charge in [-0.25, -0.2) is 8.42 Å². The van der Waals surface area contributed by atoms with Crippen LogP contribution < -0.4 is 5.32 Å². The number of hydrogen-bond donors (Lipinski definition) is 1. The van der Waals surface area contributed by atoms with Gasteiger partial charge in [-0.15, -0.1) is 0 Å². The van der Waals surface area contributed by atoms with Crippen molar-refractivity contribution < 1.29 is 8.42 Å². The minimum atomic E-state index is -3.45. The van der Waals surface area contributed by atoms with E-state index in [9.17, 15) is 8.42 Å². The lowest BCUT2D eigenvalue weighted by atomic mass is 9.99. The number of nitrogens with zero attached hydrogens (tertiary/aromatic N) is 3. The van der Waals surface area contributed by atoms with E-state index in [1.807, 2.05) is 31.1 Å². The first-order valence-electron chi connectivity index (χ1n) is 9.53. The molecule has 27 heavy (non-hydrogen) atoms. The van der Waals surface area contributed by atoms with Crippen molar-refractivity contribution in [3.8, 4) is 0 Å². The number of likely N-dealkylation sites (N-methyl/N-ethyl adjacent to an activating group) is 1. The van der Waals surface area contributed by atoms with Gasteiger partial charge < -0.3 is 15.1 Å². The summed E-state index contributed by atoms with van der Waals surface area (Å²) in [5, 5.41) is 3.94. The highest BCUT2D eigenvalue weighted by Crippen LogP contribution is 2.23. The van der Waals surface area contributed by atoms with Crippen LogP contribution >= 0.6 is 12.2 Å². The third-order valence-corrected chi connectivity index (χ3v) is 7.38. The van der Waals surface area contributed by atoms with Crippen molar-refractivity contribution in [3.05, 3.63) is 29.8 Å². The highest BCUT2D eigenvalue weighted by molar-refractivity contribution is 7.89. The zero-order valence-electron chi connectivity index (χ0n) is 16.8. The highest BCUT2D eigenvalue weighted by Gasteiger charge is 2.29. The molecule has 0 aromatic heterocycles. The Morgan fingerprint density at radius 1 is 1.19 bits per heavy atom. The molecule has 1 aromatic rings. The maximum Gasteiger partial charge on any atom is 0.243 e. The average Bonchev–Trinajstić information content (AvgIpc) is 2.67. The molecule has 1 fully saturated rings. The molecule has 0 amide bonds. The van der Waals surface area contributed by atoms with Crippen LogP contribution in [0, 0.1) is 0 Å². The molecule has 1 aromatic carbocycles. The molecule has 152 valence electrons. The predicted molar refractivity (Wildman–Crippen MR) is 115 cm³/mol. The monoisotopic (exact) mass is 412 g/mol. The molecule has 0 aliphatic carbocycles. The van der Waals surface area contributed by atoms with Gasteiger partial charge in [0.25, 0.3) is 0 Å². The third-order valence-electron chi connectivity index (χ3n) is 5.06. The molecule has 1 aliphatic rings. The van der Waals surface area contributed by atoms with Gasteiger partial charge in [0.15, 0.2) is 5.11 Å². The van der Waals surface area contributed by atoms with Crippen molar-refractivity contribution in [1.82, 2.24) is 19.4 Å². The van der Waals surface area contributed by atoms with E-state index < -0.39 is 10.0 Å². The number of piperazine rings is 1. The fourth-order valence-electron chi connectivity index (χ4n) is 2.98. The van der Waals surface area contributed by atoms with Crippen molar-refractivity contribution >= 4 is 27.4 Å². The zero-order chi connectivity index (χ0) is 20.0. The Bertz CT molecular complexity index is 712. The Kier molecular flexibility index (Phi) is 8.03. The number of rotatable bonds is 7. The largest absolute Gasteiger partial charge is 0.361 e. The first-order valence-corrected chi connectivity index (χ1v) is 11.4. The normalized spacial score (nSPS) is 17.1. The van der Waals surface area contributed by atoms with Crippen LogP contribution in [0.15, 0.2) is 29.2 Å². The van der Waals surface area contributed by atoms with Crippen LogP contribution in [0.1, 0.15) is 31.7 Å². The van der Waals surface area contributed by atoms with Crippen LogP contribution in [0.3, 0.4) is 0 Å². The van der Waals surface area contributed by atoms with Crippen LogP contribution in [0.5, 0.6) is 0 Å². The van der Waals surface area contributed by atoms with Gasteiger partial charge >= 0.3 is 0 Å². The molecule has 0 radical (unpaired) electrons. The molecular formula is C19H32N4O2S2. The van der Waals surface area contributed by atoms with E-state index in [4.69, 9.17) is 12.2 Å². The van der Waals surface area contributed by atoms with Crippen molar-refractivity contribution in [2.45, 2.75) is 31.1 Å². The average molecular weight is 413 g/mol. The maximum absolute atomic E-state index is 12.9. The Labute approximate surface area is 169 Å². The molecule has 1 aliphatic heterocycles. The second-order valence-electron chi connectivity index (χ2n) is 7.30. The van der Waals surface area contributed by atoms with Gasteiger partial charge in [0.05, 0.1) is 4.90 Å². The summed E-state index contributed by atoms with van der Waals surface area (Å²) >= 11 is 5.43. The SMILES string of the molecule is CC[C@H](C)c1ccc(S(=O)(=O)N2CCN(C(=S)NCCN(C)C)CC2)cc1. The highest BCUT2D eigenvalue weighted by atomic mass is 32.2. The summed E-state index contributed by atoms with van der Waals surface area (Å²) in [5.41, 5.74) is 1.18. The van der Waals surface area contributed by atoms with Gasteiger partial charge in [0, 0.05) is 39.3 Å². The summed E-state index contributed by atoms with van der Waals surface area (Å²) < 4.78 is 27.4. The summed E-state index contributed by atoms with van der Waals surface area (Å²) in [6.07, 6.45) is 1.04. The minimum absolute atomic E-state index is 0.370. The number of nitrogens with one attached hydrogen (secondary N) is 1. The molecule has 0 bridgehead atoms. The first-order chi connectivity index (χ1) is 12.8. The maximum atomic E-state index is 12.9. The van der Waals surface area contributed by atoms with Gasteiger partial charge in [-0.3, -0.25) is 0 Å². The molecule has 8 heteroatoms. The summed E-state index contributed by atoms with van der Waals surface area (Å²) in [6, 6.07) is 7.33. The van der Waals surface area contributed by atoms with Crippen LogP contribution in [-0.2, 0) is 10.0 Å². The summed E-state index contributed by atoms with van der Waals surface area (Å²) in [6.45, 7) is 8.09. The minimum Gasteiger partial charge on any atom is -0.361 e. The van der Waals surface area contributed by atoms with E-state index >= 15 is 0 Å². The number of benzene rings is 1. The van der Waals surface area contributed by atoms with Crippen LogP contribution in [-0.4, -0.2) is 81.0 Å². The molecule has 6 nitrogen and oxygen atoms in total. The van der Waals surface area contributed by atoms with Gasteiger partial charge in [0.1, 0.15) is 0 Å². The second-order valence-corrected chi connectivity index (χ2v) is 9.63. The lowest BCUT2D eigenvalue weighted by Gasteiger charge is -2.35. The topological polar surface area (TPSA) is 55.9 Å². The van der Waals surface area contributed by atoms with Crippen molar-refractivity contribution in [2.75, 3.05) is 53.4 Å². The van der Waals surface area contributed by atoms with Gasteiger partial charge in [-0.2, -0.15) is 4.31 Å². The summed E-state index contributed by atoms with van der Waals surface area (Å²) in [5.74, 6) is 0.436. The molecular weight excluding hydrogens is 380 g/mol. The van der Waals surface area contributed by atoms with Crippen molar-refractivity contribution in [1.29, 1.82) is 0 Å². The zero-order valence-corrected chi connectivity index (χ0v) is 18.4.